The van der Waals surface area contributed by atoms with Crippen molar-refractivity contribution < 1.29 is 17.9 Å². The molecule has 0 spiro atoms. The van der Waals surface area contributed by atoms with Crippen LogP contribution in [0.1, 0.15) is 53.5 Å². The molecule has 186 valence electrons. The molecule has 1 aromatic heterocycles. The highest BCUT2D eigenvalue weighted by Crippen LogP contribution is 2.33. The Bertz CT molecular complexity index is 1350. The number of anilines is 1. The molecule has 0 aliphatic carbocycles. The number of hydrogen-bond acceptors (Lipinski definition) is 6. The van der Waals surface area contributed by atoms with Crippen molar-refractivity contribution >= 4 is 21.6 Å². The highest BCUT2D eigenvalue weighted by atomic mass is 32.2. The van der Waals surface area contributed by atoms with E-state index >= 15 is 0 Å². The predicted octanol–water partition coefficient (Wildman–Crippen LogP) is 5.28. The van der Waals surface area contributed by atoms with Crippen molar-refractivity contribution in [2.75, 3.05) is 19.0 Å². The minimum absolute atomic E-state index is 0.0102. The Hall–Kier alpha value is -3.39. The molecule has 7 nitrogen and oxygen atoms in total. The molecule has 35 heavy (non-hydrogen) atoms. The van der Waals surface area contributed by atoms with Gasteiger partial charge < -0.3 is 9.64 Å². The molecular formula is C27H33N3O4S. The average Bonchev–Trinajstić information content (AvgIpc) is 2.75. The maximum absolute atomic E-state index is 13.2. The number of amides is 1. The Kier molecular flexibility index (Phi) is 7.26. The number of carbonyl (C=O) groups excluding carboxylic acids is 1. The summed E-state index contributed by atoms with van der Waals surface area (Å²) in [7, 11) is -0.501. The molecule has 0 unspecified atom stereocenters. The van der Waals surface area contributed by atoms with Crippen molar-refractivity contribution in [3.8, 4) is 11.6 Å². The first-order valence-electron chi connectivity index (χ1n) is 11.3. The van der Waals surface area contributed by atoms with Crippen LogP contribution in [-0.2, 0) is 15.4 Å². The predicted molar refractivity (Wildman–Crippen MR) is 139 cm³/mol. The average molecular weight is 496 g/mol. The number of hydrogen-bond donors (Lipinski definition) is 1. The molecule has 3 aromatic rings. The van der Waals surface area contributed by atoms with E-state index in [0.29, 0.717) is 17.1 Å². The standard InChI is InChI=1S/C27H33N3O4S/c1-17-14-18(2)24(19(3)15-17)34-26-22(12-13-23(28-26)27(4,5)6)25(31)29-35(32,33)21-11-9-10-20(16-21)30(7)8/h9-16H,1-8H3,(H,29,31). The molecule has 0 saturated heterocycles. The smallest absolute Gasteiger partial charge is 0.270 e. The quantitative estimate of drug-likeness (QED) is 0.500. The first kappa shape index (κ1) is 26.2. The summed E-state index contributed by atoms with van der Waals surface area (Å²) in [5.41, 5.74) is 4.02. The van der Waals surface area contributed by atoms with E-state index in [9.17, 15) is 13.2 Å². The molecular weight excluding hydrogens is 462 g/mol. The van der Waals surface area contributed by atoms with Crippen LogP contribution in [0.15, 0.2) is 53.4 Å². The Morgan fingerprint density at radius 2 is 1.60 bits per heavy atom. The molecule has 8 heteroatoms. The van der Waals surface area contributed by atoms with E-state index in [1.165, 1.54) is 12.1 Å². The second kappa shape index (κ2) is 9.70. The third kappa shape index (κ3) is 6.00. The van der Waals surface area contributed by atoms with Gasteiger partial charge in [0.1, 0.15) is 11.3 Å². The largest absolute Gasteiger partial charge is 0.438 e. The molecule has 0 saturated carbocycles. The van der Waals surface area contributed by atoms with Gasteiger partial charge >= 0.3 is 0 Å². The number of aromatic nitrogens is 1. The number of pyridine rings is 1. The molecule has 0 aliphatic heterocycles. The fourth-order valence-electron chi connectivity index (χ4n) is 3.70. The lowest BCUT2D eigenvalue weighted by Gasteiger charge is -2.21. The van der Waals surface area contributed by atoms with Crippen LogP contribution in [0.4, 0.5) is 5.69 Å². The zero-order chi connectivity index (χ0) is 26.1. The third-order valence-electron chi connectivity index (χ3n) is 5.55. The van der Waals surface area contributed by atoms with E-state index in [0.717, 1.165) is 16.7 Å². The summed E-state index contributed by atoms with van der Waals surface area (Å²) < 4.78 is 34.4. The van der Waals surface area contributed by atoms with Crippen LogP contribution in [0, 0.1) is 20.8 Å². The lowest BCUT2D eigenvalue weighted by Crippen LogP contribution is -2.31. The van der Waals surface area contributed by atoms with Gasteiger partial charge in [0.2, 0.25) is 5.88 Å². The Labute approximate surface area is 208 Å². The molecule has 0 aliphatic rings. The van der Waals surface area contributed by atoms with Crippen molar-refractivity contribution in [1.82, 2.24) is 9.71 Å². The van der Waals surface area contributed by atoms with E-state index in [2.05, 4.69) is 9.71 Å². The number of nitrogens with zero attached hydrogens (tertiary/aromatic N) is 2. The fourth-order valence-corrected chi connectivity index (χ4v) is 4.70. The first-order chi connectivity index (χ1) is 16.2. The molecule has 1 N–H and O–H groups in total. The van der Waals surface area contributed by atoms with Crippen LogP contribution in [0.25, 0.3) is 0 Å². The second-order valence-electron chi connectivity index (χ2n) is 9.96. The van der Waals surface area contributed by atoms with Gasteiger partial charge in [-0.15, -0.1) is 0 Å². The lowest BCUT2D eigenvalue weighted by molar-refractivity contribution is 0.0978. The van der Waals surface area contributed by atoms with Gasteiger partial charge in [0.15, 0.2) is 0 Å². The minimum atomic E-state index is -4.12. The van der Waals surface area contributed by atoms with Crippen LogP contribution in [0.2, 0.25) is 0 Å². The van der Waals surface area contributed by atoms with Gasteiger partial charge in [0.25, 0.3) is 15.9 Å². The Morgan fingerprint density at radius 1 is 0.971 bits per heavy atom. The number of carbonyl (C=O) groups is 1. The number of rotatable bonds is 6. The topological polar surface area (TPSA) is 88.6 Å². The molecule has 0 radical (unpaired) electrons. The maximum atomic E-state index is 13.2. The highest BCUT2D eigenvalue weighted by Gasteiger charge is 2.26. The summed E-state index contributed by atoms with van der Waals surface area (Å²) >= 11 is 0. The van der Waals surface area contributed by atoms with Crippen molar-refractivity contribution in [1.29, 1.82) is 0 Å². The zero-order valence-corrected chi connectivity index (χ0v) is 22.4. The van der Waals surface area contributed by atoms with E-state index in [-0.39, 0.29) is 21.8 Å². The number of ether oxygens (including phenoxy) is 1. The molecule has 0 bridgehead atoms. The summed E-state index contributed by atoms with van der Waals surface area (Å²) in [4.78, 5) is 19.6. The first-order valence-corrected chi connectivity index (χ1v) is 12.8. The van der Waals surface area contributed by atoms with Crippen LogP contribution in [0.3, 0.4) is 0 Å². The lowest BCUT2D eigenvalue weighted by atomic mass is 9.91. The van der Waals surface area contributed by atoms with Crippen molar-refractivity contribution in [2.24, 2.45) is 0 Å². The van der Waals surface area contributed by atoms with Crippen molar-refractivity contribution in [2.45, 2.75) is 51.9 Å². The van der Waals surface area contributed by atoms with Gasteiger partial charge in [-0.2, -0.15) is 0 Å². The van der Waals surface area contributed by atoms with Crippen molar-refractivity contribution in [3.05, 3.63) is 76.5 Å². The van der Waals surface area contributed by atoms with E-state index < -0.39 is 15.9 Å². The van der Waals surface area contributed by atoms with Gasteiger partial charge in [-0.1, -0.05) is 44.5 Å². The molecule has 1 heterocycles. The number of benzene rings is 2. The van der Waals surface area contributed by atoms with E-state index in [1.807, 2.05) is 67.8 Å². The molecule has 2 aromatic carbocycles. The van der Waals surface area contributed by atoms with E-state index in [4.69, 9.17) is 4.74 Å². The zero-order valence-electron chi connectivity index (χ0n) is 21.6. The number of nitrogens with one attached hydrogen (secondary N) is 1. The summed E-state index contributed by atoms with van der Waals surface area (Å²) in [6, 6.07) is 13.6. The fraction of sp³-hybridized carbons (Fsp3) is 0.333. The number of aryl methyl sites for hydroxylation is 3. The van der Waals surface area contributed by atoms with Gasteiger partial charge in [0.05, 0.1) is 4.90 Å². The highest BCUT2D eigenvalue weighted by molar-refractivity contribution is 7.90. The summed E-state index contributed by atoms with van der Waals surface area (Å²) in [6.07, 6.45) is 0. The minimum Gasteiger partial charge on any atom is -0.438 e. The number of sulfonamides is 1. The normalized spacial score (nSPS) is 11.8. The molecule has 1 amide bonds. The third-order valence-corrected chi connectivity index (χ3v) is 6.88. The molecule has 0 fully saturated rings. The van der Waals surface area contributed by atoms with Crippen LogP contribution < -0.4 is 14.4 Å². The summed E-state index contributed by atoms with van der Waals surface area (Å²) in [6.45, 7) is 11.9. The second-order valence-corrected chi connectivity index (χ2v) is 11.6. The summed E-state index contributed by atoms with van der Waals surface area (Å²) in [5.74, 6) is -0.169. The van der Waals surface area contributed by atoms with Gasteiger partial charge in [-0.05, 0) is 62.2 Å². The van der Waals surface area contributed by atoms with Crippen molar-refractivity contribution in [3.63, 3.8) is 0 Å². The maximum Gasteiger partial charge on any atom is 0.270 e. The molecule has 3 rings (SSSR count). The monoisotopic (exact) mass is 495 g/mol. The van der Waals surface area contributed by atoms with Gasteiger partial charge in [-0.25, -0.2) is 18.1 Å². The van der Waals surface area contributed by atoms with Crippen LogP contribution >= 0.6 is 0 Å². The van der Waals surface area contributed by atoms with Gasteiger partial charge in [-0.3, -0.25) is 4.79 Å². The SMILES string of the molecule is Cc1cc(C)c(Oc2nc(C(C)(C)C)ccc2C(=O)NS(=O)(=O)c2cccc(N(C)C)c2)c(C)c1. The van der Waals surface area contributed by atoms with Crippen LogP contribution in [0.5, 0.6) is 11.6 Å². The molecule has 0 atom stereocenters. The van der Waals surface area contributed by atoms with Crippen LogP contribution in [-0.4, -0.2) is 33.4 Å². The van der Waals surface area contributed by atoms with Gasteiger partial charge in [0, 0.05) is 30.9 Å². The Balaban J connectivity index is 2.04. The summed E-state index contributed by atoms with van der Waals surface area (Å²) in [5, 5.41) is 0. The Morgan fingerprint density at radius 3 is 2.17 bits per heavy atom. The van der Waals surface area contributed by atoms with E-state index in [1.54, 1.807) is 29.2 Å².